The van der Waals surface area contributed by atoms with Gasteiger partial charge in [-0.25, -0.2) is 13.6 Å². The van der Waals surface area contributed by atoms with E-state index in [1.54, 1.807) is 0 Å². The average molecular weight is 273 g/mol. The number of primary amides is 1. The Labute approximate surface area is 108 Å². The van der Waals surface area contributed by atoms with Crippen LogP contribution in [0.15, 0.2) is 12.1 Å². The molecule has 0 aromatic carbocycles. The Morgan fingerprint density at radius 3 is 2.63 bits per heavy atom. The Morgan fingerprint density at radius 2 is 2.11 bits per heavy atom. The maximum Gasteiger partial charge on any atom is 0.411 e. The van der Waals surface area contributed by atoms with Crippen molar-refractivity contribution in [2.75, 3.05) is 20.1 Å². The number of aromatic nitrogens is 1. The van der Waals surface area contributed by atoms with E-state index in [1.807, 2.05) is 11.9 Å². The van der Waals surface area contributed by atoms with Crippen LogP contribution in [0.1, 0.15) is 12.0 Å². The third-order valence-corrected chi connectivity index (χ3v) is 2.58. The molecule has 8 heteroatoms. The average Bonchev–Trinajstić information content (AvgIpc) is 2.25. The quantitative estimate of drug-likeness (QED) is 0.891. The number of halogens is 2. The molecule has 0 radical (unpaired) electrons. The summed E-state index contributed by atoms with van der Waals surface area (Å²) < 4.78 is 35.3. The number of hydrogen-bond donors (Lipinski definition) is 1. The van der Waals surface area contributed by atoms with Crippen LogP contribution in [0.25, 0.3) is 0 Å². The molecular weight excluding hydrogens is 260 g/mol. The smallest absolute Gasteiger partial charge is 0.411 e. The molecule has 0 aliphatic carbocycles. The fourth-order valence-corrected chi connectivity index (χ4v) is 1.73. The van der Waals surface area contributed by atoms with E-state index in [0.29, 0.717) is 13.1 Å². The fourth-order valence-electron chi connectivity index (χ4n) is 1.73. The second-order valence-corrected chi connectivity index (χ2v) is 4.26. The molecule has 1 saturated heterocycles. The molecule has 0 unspecified atom stereocenters. The number of carbonyl (C=O) groups excluding carboxylic acids is 1. The van der Waals surface area contributed by atoms with E-state index in [-0.39, 0.29) is 23.4 Å². The number of alkyl halides is 2. The second kappa shape index (κ2) is 5.35. The van der Waals surface area contributed by atoms with Crippen molar-refractivity contribution >= 4 is 6.09 Å². The SMILES string of the molecule is CN1CC(Oc2cc(C(F)F)cc(OC(N)=O)n2)C1. The van der Waals surface area contributed by atoms with Gasteiger partial charge >= 0.3 is 6.09 Å². The first-order chi connectivity index (χ1) is 8.94. The normalized spacial score (nSPS) is 16.2. The van der Waals surface area contributed by atoms with Crippen LogP contribution >= 0.6 is 0 Å². The molecule has 1 aromatic rings. The number of likely N-dealkylation sites (N-methyl/N-ethyl adjacent to an activating group) is 1. The summed E-state index contributed by atoms with van der Waals surface area (Å²) in [6.07, 6.45) is -3.94. The number of rotatable bonds is 4. The predicted octanol–water partition coefficient (Wildman–Crippen LogP) is 1.17. The molecule has 1 amide bonds. The number of nitrogens with zero attached hydrogens (tertiary/aromatic N) is 2. The highest BCUT2D eigenvalue weighted by Gasteiger charge is 2.26. The fraction of sp³-hybridized carbons (Fsp3) is 0.455. The van der Waals surface area contributed by atoms with Crippen molar-refractivity contribution in [2.45, 2.75) is 12.5 Å². The summed E-state index contributed by atoms with van der Waals surface area (Å²) in [5.74, 6) is -0.305. The highest BCUT2D eigenvalue weighted by Crippen LogP contribution is 2.27. The maximum atomic E-state index is 12.7. The van der Waals surface area contributed by atoms with Crippen LogP contribution in [-0.4, -0.2) is 42.2 Å². The Kier molecular flexibility index (Phi) is 3.79. The maximum absolute atomic E-state index is 12.7. The van der Waals surface area contributed by atoms with E-state index < -0.39 is 12.5 Å². The number of likely N-dealkylation sites (tertiary alicyclic amines) is 1. The van der Waals surface area contributed by atoms with Crippen molar-refractivity contribution in [3.8, 4) is 11.8 Å². The van der Waals surface area contributed by atoms with Gasteiger partial charge in [-0.2, -0.15) is 4.98 Å². The molecule has 0 saturated carbocycles. The summed E-state index contributed by atoms with van der Waals surface area (Å²) in [6, 6.07) is 2.08. The van der Waals surface area contributed by atoms with Gasteiger partial charge in [0.2, 0.25) is 11.8 Å². The largest absolute Gasteiger partial charge is 0.472 e. The summed E-state index contributed by atoms with van der Waals surface area (Å²) in [5, 5.41) is 0. The topological polar surface area (TPSA) is 77.7 Å². The number of pyridine rings is 1. The van der Waals surface area contributed by atoms with Gasteiger partial charge in [-0.15, -0.1) is 0 Å². The van der Waals surface area contributed by atoms with E-state index in [2.05, 4.69) is 9.72 Å². The van der Waals surface area contributed by atoms with Gasteiger partial charge in [-0.3, -0.25) is 4.90 Å². The van der Waals surface area contributed by atoms with Crippen LogP contribution in [0, 0.1) is 0 Å². The first-order valence-corrected chi connectivity index (χ1v) is 5.56. The minimum absolute atomic E-state index is 0.00727. The molecule has 19 heavy (non-hydrogen) atoms. The molecule has 2 heterocycles. The monoisotopic (exact) mass is 273 g/mol. The number of nitrogens with two attached hydrogens (primary N) is 1. The van der Waals surface area contributed by atoms with Crippen molar-refractivity contribution in [1.29, 1.82) is 0 Å². The van der Waals surface area contributed by atoms with E-state index in [0.717, 1.165) is 12.1 Å². The van der Waals surface area contributed by atoms with Crippen molar-refractivity contribution < 1.29 is 23.0 Å². The molecule has 1 aromatic heterocycles. The molecule has 104 valence electrons. The van der Waals surface area contributed by atoms with Crippen molar-refractivity contribution in [3.05, 3.63) is 17.7 Å². The van der Waals surface area contributed by atoms with Crippen LogP contribution in [-0.2, 0) is 0 Å². The lowest BCUT2D eigenvalue weighted by molar-refractivity contribution is 0.0348. The second-order valence-electron chi connectivity index (χ2n) is 4.26. The molecule has 1 fully saturated rings. The zero-order chi connectivity index (χ0) is 14.0. The number of carbonyl (C=O) groups is 1. The van der Waals surface area contributed by atoms with E-state index >= 15 is 0 Å². The Hall–Kier alpha value is -1.96. The third kappa shape index (κ3) is 3.50. The zero-order valence-corrected chi connectivity index (χ0v) is 10.2. The number of hydrogen-bond acceptors (Lipinski definition) is 5. The van der Waals surface area contributed by atoms with Crippen molar-refractivity contribution in [2.24, 2.45) is 5.73 Å². The molecule has 2 rings (SSSR count). The van der Waals surface area contributed by atoms with Crippen LogP contribution in [0.5, 0.6) is 11.8 Å². The van der Waals surface area contributed by atoms with Gasteiger partial charge in [0.1, 0.15) is 6.10 Å². The van der Waals surface area contributed by atoms with Crippen LogP contribution in [0.3, 0.4) is 0 Å². The molecule has 0 bridgehead atoms. The lowest BCUT2D eigenvalue weighted by atomic mass is 10.2. The lowest BCUT2D eigenvalue weighted by Crippen LogP contribution is -2.51. The van der Waals surface area contributed by atoms with Gasteiger partial charge in [0.05, 0.1) is 0 Å². The van der Waals surface area contributed by atoms with Crippen LogP contribution in [0.2, 0.25) is 0 Å². The molecule has 0 atom stereocenters. The Morgan fingerprint density at radius 1 is 1.47 bits per heavy atom. The molecule has 0 spiro atoms. The van der Waals surface area contributed by atoms with Gasteiger partial charge in [0.25, 0.3) is 6.43 Å². The highest BCUT2D eigenvalue weighted by molar-refractivity contribution is 5.67. The van der Waals surface area contributed by atoms with Gasteiger partial charge in [0, 0.05) is 30.8 Å². The van der Waals surface area contributed by atoms with E-state index in [4.69, 9.17) is 10.5 Å². The van der Waals surface area contributed by atoms with Crippen molar-refractivity contribution in [1.82, 2.24) is 9.88 Å². The van der Waals surface area contributed by atoms with E-state index in [9.17, 15) is 13.6 Å². The number of amides is 1. The van der Waals surface area contributed by atoms with Gasteiger partial charge in [0.15, 0.2) is 0 Å². The summed E-state index contributed by atoms with van der Waals surface area (Å²) in [7, 11) is 1.91. The molecule has 6 nitrogen and oxygen atoms in total. The molecular formula is C11H13F2N3O3. The first-order valence-electron chi connectivity index (χ1n) is 5.56. The Bertz CT molecular complexity index is 478. The predicted molar refractivity (Wildman–Crippen MR) is 61.3 cm³/mol. The molecule has 1 aliphatic heterocycles. The minimum atomic E-state index is -2.72. The minimum Gasteiger partial charge on any atom is -0.472 e. The third-order valence-electron chi connectivity index (χ3n) is 2.58. The van der Waals surface area contributed by atoms with Crippen LogP contribution < -0.4 is 15.2 Å². The Balaban J connectivity index is 2.16. The standard InChI is InChI=1S/C11H13F2N3O3/c1-16-4-7(5-16)18-8-2-6(10(12)13)3-9(15-8)19-11(14)17/h2-3,7,10H,4-5H2,1H3,(H2,14,17). The summed E-state index contributed by atoms with van der Waals surface area (Å²) >= 11 is 0. The van der Waals surface area contributed by atoms with Crippen LogP contribution in [0.4, 0.5) is 13.6 Å². The molecule has 1 aliphatic rings. The van der Waals surface area contributed by atoms with Gasteiger partial charge < -0.3 is 15.2 Å². The summed E-state index contributed by atoms with van der Waals surface area (Å²) in [6.45, 7) is 1.37. The highest BCUT2D eigenvalue weighted by atomic mass is 19.3. The van der Waals surface area contributed by atoms with Gasteiger partial charge in [-0.05, 0) is 7.05 Å². The molecule has 2 N–H and O–H groups in total. The summed E-state index contributed by atoms with van der Waals surface area (Å²) in [4.78, 5) is 16.4. The van der Waals surface area contributed by atoms with E-state index in [1.165, 1.54) is 0 Å². The number of ether oxygens (including phenoxy) is 2. The van der Waals surface area contributed by atoms with Crippen molar-refractivity contribution in [3.63, 3.8) is 0 Å². The summed E-state index contributed by atoms with van der Waals surface area (Å²) in [5.41, 5.74) is 4.48. The lowest BCUT2D eigenvalue weighted by Gasteiger charge is -2.35. The zero-order valence-electron chi connectivity index (χ0n) is 10.2. The first kappa shape index (κ1) is 13.5. The van der Waals surface area contributed by atoms with Gasteiger partial charge in [-0.1, -0.05) is 0 Å².